The molecular weight excluding hydrogens is 480 g/mol. The third-order valence-electron chi connectivity index (χ3n) is 4.38. The molecule has 31 heavy (non-hydrogen) atoms. The molecule has 0 spiro atoms. The molecule has 0 aliphatic heterocycles. The highest BCUT2D eigenvalue weighted by atomic mass is 79.9. The van der Waals surface area contributed by atoms with E-state index >= 15 is 0 Å². The topological polar surface area (TPSA) is 59.6 Å². The van der Waals surface area contributed by atoms with Crippen LogP contribution in [0.25, 0.3) is 0 Å². The molecular formula is C24H24BrClN2O3. The Hall–Kier alpha value is -2.70. The molecule has 0 aliphatic rings. The average Bonchev–Trinajstić information content (AvgIpc) is 2.74. The highest BCUT2D eigenvalue weighted by Crippen LogP contribution is 2.30. The van der Waals surface area contributed by atoms with E-state index in [1.807, 2.05) is 74.5 Å². The van der Waals surface area contributed by atoms with E-state index in [0.717, 1.165) is 27.0 Å². The number of rotatable bonds is 9. The SMILES string of the molecule is CCOc1cc(CNc2ccc(Br)c(Cl)c2)ccc1OCC(=O)Nc1cccc(C)c1. The molecule has 0 aliphatic carbocycles. The van der Waals surface area contributed by atoms with E-state index in [0.29, 0.717) is 29.7 Å². The summed E-state index contributed by atoms with van der Waals surface area (Å²) >= 11 is 9.53. The number of carbonyl (C=O) groups is 1. The van der Waals surface area contributed by atoms with Crippen LogP contribution in [0.4, 0.5) is 11.4 Å². The van der Waals surface area contributed by atoms with Gasteiger partial charge in [0, 0.05) is 22.4 Å². The molecule has 2 N–H and O–H groups in total. The van der Waals surface area contributed by atoms with Crippen molar-refractivity contribution in [2.24, 2.45) is 0 Å². The molecule has 0 saturated heterocycles. The molecule has 0 saturated carbocycles. The summed E-state index contributed by atoms with van der Waals surface area (Å²) in [7, 11) is 0. The average molecular weight is 504 g/mol. The minimum Gasteiger partial charge on any atom is -0.490 e. The molecule has 3 aromatic carbocycles. The minimum absolute atomic E-state index is 0.108. The van der Waals surface area contributed by atoms with Gasteiger partial charge in [0.15, 0.2) is 18.1 Å². The summed E-state index contributed by atoms with van der Waals surface area (Å²) in [5.41, 5.74) is 3.75. The molecule has 7 heteroatoms. The van der Waals surface area contributed by atoms with Gasteiger partial charge < -0.3 is 20.1 Å². The maximum Gasteiger partial charge on any atom is 0.262 e. The standard InChI is InChI=1S/C24H24BrClN2O3/c1-3-30-23-12-17(14-27-18-8-9-20(25)21(26)13-18)7-10-22(23)31-15-24(29)28-19-6-4-5-16(2)11-19/h4-13,27H,3,14-15H2,1-2H3,(H,28,29). The Morgan fingerprint density at radius 3 is 2.58 bits per heavy atom. The Kier molecular flexibility index (Phi) is 8.20. The number of carbonyl (C=O) groups excluding carboxylic acids is 1. The number of nitrogens with one attached hydrogen (secondary N) is 2. The van der Waals surface area contributed by atoms with E-state index < -0.39 is 0 Å². The zero-order chi connectivity index (χ0) is 22.2. The number of benzene rings is 3. The Morgan fingerprint density at radius 1 is 1.00 bits per heavy atom. The first kappa shape index (κ1) is 23.0. The highest BCUT2D eigenvalue weighted by Gasteiger charge is 2.10. The fraction of sp³-hybridized carbons (Fsp3) is 0.208. The van der Waals surface area contributed by atoms with Crippen LogP contribution >= 0.6 is 27.5 Å². The van der Waals surface area contributed by atoms with Gasteiger partial charge in [0.25, 0.3) is 5.91 Å². The molecule has 0 heterocycles. The van der Waals surface area contributed by atoms with Gasteiger partial charge in [-0.15, -0.1) is 0 Å². The van der Waals surface area contributed by atoms with Crippen LogP contribution in [-0.4, -0.2) is 19.1 Å². The van der Waals surface area contributed by atoms with Crippen molar-refractivity contribution in [1.82, 2.24) is 0 Å². The van der Waals surface area contributed by atoms with Gasteiger partial charge in [-0.05, 0) is 83.4 Å². The molecule has 0 atom stereocenters. The lowest BCUT2D eigenvalue weighted by atomic mass is 10.2. The maximum atomic E-state index is 12.2. The Labute approximate surface area is 195 Å². The summed E-state index contributed by atoms with van der Waals surface area (Å²) in [4.78, 5) is 12.2. The summed E-state index contributed by atoms with van der Waals surface area (Å²) < 4.78 is 12.3. The summed E-state index contributed by atoms with van der Waals surface area (Å²) in [6.45, 7) is 4.85. The Balaban J connectivity index is 1.61. The first-order chi connectivity index (χ1) is 14.9. The van der Waals surface area contributed by atoms with Gasteiger partial charge in [-0.2, -0.15) is 0 Å². The lowest BCUT2D eigenvalue weighted by Gasteiger charge is -2.14. The fourth-order valence-corrected chi connectivity index (χ4v) is 3.35. The zero-order valence-electron chi connectivity index (χ0n) is 17.4. The van der Waals surface area contributed by atoms with Crippen LogP contribution in [0.2, 0.25) is 5.02 Å². The number of hydrogen-bond acceptors (Lipinski definition) is 4. The number of hydrogen-bond donors (Lipinski definition) is 2. The molecule has 0 radical (unpaired) electrons. The third-order valence-corrected chi connectivity index (χ3v) is 5.62. The van der Waals surface area contributed by atoms with Crippen molar-refractivity contribution in [1.29, 1.82) is 0 Å². The van der Waals surface area contributed by atoms with Crippen LogP contribution < -0.4 is 20.1 Å². The van der Waals surface area contributed by atoms with E-state index in [4.69, 9.17) is 21.1 Å². The van der Waals surface area contributed by atoms with Gasteiger partial charge in [0.05, 0.1) is 11.6 Å². The van der Waals surface area contributed by atoms with Gasteiger partial charge in [-0.3, -0.25) is 4.79 Å². The molecule has 162 valence electrons. The summed E-state index contributed by atoms with van der Waals surface area (Å²) in [6, 6.07) is 19.0. The van der Waals surface area contributed by atoms with E-state index in [1.165, 1.54) is 0 Å². The number of halogens is 2. The Morgan fingerprint density at radius 2 is 1.84 bits per heavy atom. The molecule has 3 aromatic rings. The predicted molar refractivity (Wildman–Crippen MR) is 129 cm³/mol. The van der Waals surface area contributed by atoms with Crippen LogP contribution in [0.15, 0.2) is 65.1 Å². The van der Waals surface area contributed by atoms with Gasteiger partial charge in [0.1, 0.15) is 0 Å². The van der Waals surface area contributed by atoms with Crippen LogP contribution in [-0.2, 0) is 11.3 Å². The van der Waals surface area contributed by atoms with Gasteiger partial charge in [0.2, 0.25) is 0 Å². The second kappa shape index (κ2) is 11.1. The summed E-state index contributed by atoms with van der Waals surface area (Å²) in [5.74, 6) is 0.890. The Bertz CT molecular complexity index is 1060. The molecule has 0 aromatic heterocycles. The van der Waals surface area contributed by atoms with E-state index in [1.54, 1.807) is 0 Å². The molecule has 1 amide bonds. The van der Waals surface area contributed by atoms with E-state index in [-0.39, 0.29) is 12.5 Å². The van der Waals surface area contributed by atoms with Gasteiger partial charge in [-0.25, -0.2) is 0 Å². The molecule has 5 nitrogen and oxygen atoms in total. The van der Waals surface area contributed by atoms with Crippen molar-refractivity contribution in [3.05, 3.63) is 81.3 Å². The van der Waals surface area contributed by atoms with Crippen LogP contribution in [0.5, 0.6) is 11.5 Å². The molecule has 3 rings (SSSR count). The van der Waals surface area contributed by atoms with Crippen LogP contribution in [0.3, 0.4) is 0 Å². The second-order valence-electron chi connectivity index (χ2n) is 6.90. The smallest absolute Gasteiger partial charge is 0.262 e. The highest BCUT2D eigenvalue weighted by molar-refractivity contribution is 9.10. The first-order valence-electron chi connectivity index (χ1n) is 9.88. The normalized spacial score (nSPS) is 10.5. The predicted octanol–water partition coefficient (Wildman–Crippen LogP) is 6.44. The van der Waals surface area contributed by atoms with E-state index in [2.05, 4.69) is 26.6 Å². The zero-order valence-corrected chi connectivity index (χ0v) is 19.7. The number of amides is 1. The largest absolute Gasteiger partial charge is 0.490 e. The van der Waals surface area contributed by atoms with E-state index in [9.17, 15) is 4.79 Å². The van der Waals surface area contributed by atoms with Crippen molar-refractivity contribution in [2.45, 2.75) is 20.4 Å². The van der Waals surface area contributed by atoms with Crippen molar-refractivity contribution in [3.63, 3.8) is 0 Å². The number of ether oxygens (including phenoxy) is 2. The van der Waals surface area contributed by atoms with Crippen molar-refractivity contribution >= 4 is 44.8 Å². The monoisotopic (exact) mass is 502 g/mol. The van der Waals surface area contributed by atoms with Crippen LogP contribution in [0, 0.1) is 6.92 Å². The van der Waals surface area contributed by atoms with Gasteiger partial charge in [-0.1, -0.05) is 29.8 Å². The first-order valence-corrected chi connectivity index (χ1v) is 11.1. The maximum absolute atomic E-state index is 12.2. The third kappa shape index (κ3) is 6.91. The molecule has 0 unspecified atom stereocenters. The quantitative estimate of drug-likeness (QED) is 0.353. The number of aryl methyl sites for hydroxylation is 1. The van der Waals surface area contributed by atoms with Crippen LogP contribution in [0.1, 0.15) is 18.1 Å². The number of anilines is 2. The molecule has 0 fully saturated rings. The lowest BCUT2D eigenvalue weighted by molar-refractivity contribution is -0.118. The fourth-order valence-electron chi connectivity index (χ4n) is 2.92. The van der Waals surface area contributed by atoms with Crippen molar-refractivity contribution in [2.75, 3.05) is 23.8 Å². The molecule has 0 bridgehead atoms. The van der Waals surface area contributed by atoms with Gasteiger partial charge >= 0.3 is 0 Å². The summed E-state index contributed by atoms with van der Waals surface area (Å²) in [5, 5.41) is 6.81. The second-order valence-corrected chi connectivity index (χ2v) is 8.16. The lowest BCUT2D eigenvalue weighted by Crippen LogP contribution is -2.20. The van der Waals surface area contributed by atoms with Crippen molar-refractivity contribution in [3.8, 4) is 11.5 Å². The minimum atomic E-state index is -0.231. The van der Waals surface area contributed by atoms with Crippen molar-refractivity contribution < 1.29 is 14.3 Å². The summed E-state index contributed by atoms with van der Waals surface area (Å²) in [6.07, 6.45) is 0.